The number of rotatable bonds is 5. The van der Waals surface area contributed by atoms with Gasteiger partial charge in [0.1, 0.15) is 0 Å². The van der Waals surface area contributed by atoms with E-state index in [4.69, 9.17) is 0 Å². The van der Waals surface area contributed by atoms with Crippen LogP contribution < -0.4 is 10.9 Å². The number of carbonyl (C=O) groups is 1. The first-order valence-corrected chi connectivity index (χ1v) is 6.97. The van der Waals surface area contributed by atoms with E-state index in [0.29, 0.717) is 0 Å². The van der Waals surface area contributed by atoms with Gasteiger partial charge >= 0.3 is 0 Å². The third-order valence-corrected chi connectivity index (χ3v) is 3.09. The lowest BCUT2D eigenvalue weighted by Gasteiger charge is -2.15. The molecule has 0 saturated heterocycles. The normalized spacial score (nSPS) is 12.3. The molecule has 0 aliphatic rings. The maximum Gasteiger partial charge on any atom is 0.230 e. The second kappa shape index (κ2) is 7.41. The number of nitrogens with one attached hydrogen (secondary N) is 2. The average Bonchev–Trinajstić information content (AvgIpc) is 2.48. The molecule has 0 unspecified atom stereocenters. The number of hydrogen-bond acceptors (Lipinski definition) is 2. The number of amides is 1. The first kappa shape index (κ1) is 15.0. The summed E-state index contributed by atoms with van der Waals surface area (Å²) in [6.45, 7) is 3.56. The summed E-state index contributed by atoms with van der Waals surface area (Å²) in [5.41, 5.74) is 9.14. The highest BCUT2D eigenvalue weighted by molar-refractivity contribution is 5.72. The minimum absolute atomic E-state index is 0.0735. The lowest BCUT2D eigenvalue weighted by molar-refractivity contribution is -0.120. The van der Waals surface area contributed by atoms with Gasteiger partial charge in [-0.1, -0.05) is 72.3 Å². The third kappa shape index (κ3) is 4.89. The Morgan fingerprint density at radius 3 is 2.52 bits per heavy atom. The molecule has 0 aliphatic carbocycles. The molecule has 0 spiro atoms. The van der Waals surface area contributed by atoms with E-state index in [2.05, 4.69) is 42.1 Å². The van der Waals surface area contributed by atoms with Crippen molar-refractivity contribution < 1.29 is 4.79 Å². The Kier molecular flexibility index (Phi) is 5.29. The Hall–Kier alpha value is -2.39. The number of carbonyl (C=O) groups excluding carboxylic acids is 1. The summed E-state index contributed by atoms with van der Waals surface area (Å²) in [6.07, 6.45) is 4.10. The smallest absolute Gasteiger partial charge is 0.230 e. The van der Waals surface area contributed by atoms with E-state index in [0.717, 1.165) is 11.1 Å². The van der Waals surface area contributed by atoms with Gasteiger partial charge < -0.3 is 0 Å². The molecule has 2 aromatic rings. The fourth-order valence-electron chi connectivity index (χ4n) is 2.06. The summed E-state index contributed by atoms with van der Waals surface area (Å²) in [5, 5.41) is 0. The van der Waals surface area contributed by atoms with Crippen LogP contribution in [0.4, 0.5) is 0 Å². The summed E-state index contributed by atoms with van der Waals surface area (Å²) in [5.74, 6) is -0.111. The Morgan fingerprint density at radius 2 is 1.86 bits per heavy atom. The van der Waals surface area contributed by atoms with Crippen molar-refractivity contribution in [2.24, 2.45) is 0 Å². The molecule has 21 heavy (non-hydrogen) atoms. The van der Waals surface area contributed by atoms with Crippen LogP contribution in [0.3, 0.4) is 0 Å². The standard InChI is InChI=1S/C18H20N2O/c1-14-7-6-8-16(13-14)11-12-18(20-19-15(2)21)17-9-4-3-5-10-17/h3-13,18,20H,1-2H3,(H,19,21)/b12-11+/t18-/m1/s1. The number of hydrogen-bond donors (Lipinski definition) is 2. The minimum Gasteiger partial charge on any atom is -0.291 e. The van der Waals surface area contributed by atoms with Crippen molar-refractivity contribution in [3.05, 3.63) is 77.4 Å². The Morgan fingerprint density at radius 1 is 1.10 bits per heavy atom. The second-order valence-corrected chi connectivity index (χ2v) is 4.99. The Balaban J connectivity index is 2.17. The molecule has 0 radical (unpaired) electrons. The van der Waals surface area contributed by atoms with Crippen LogP contribution in [0, 0.1) is 6.92 Å². The quantitative estimate of drug-likeness (QED) is 0.824. The summed E-state index contributed by atoms with van der Waals surface area (Å²) in [7, 11) is 0. The van der Waals surface area contributed by atoms with Gasteiger partial charge in [0.15, 0.2) is 0 Å². The molecule has 108 valence electrons. The van der Waals surface area contributed by atoms with Crippen LogP contribution in [-0.4, -0.2) is 5.91 Å². The van der Waals surface area contributed by atoms with E-state index in [1.807, 2.05) is 42.5 Å². The highest BCUT2D eigenvalue weighted by Crippen LogP contribution is 2.15. The Labute approximate surface area is 125 Å². The van der Waals surface area contributed by atoms with E-state index in [1.165, 1.54) is 12.5 Å². The predicted octanol–water partition coefficient (Wildman–Crippen LogP) is 3.39. The summed E-state index contributed by atoms with van der Waals surface area (Å²) in [6, 6.07) is 18.2. The van der Waals surface area contributed by atoms with Crippen LogP contribution in [-0.2, 0) is 4.79 Å². The molecule has 2 rings (SSSR count). The van der Waals surface area contributed by atoms with E-state index >= 15 is 0 Å². The highest BCUT2D eigenvalue weighted by atomic mass is 16.2. The number of hydrazine groups is 1. The van der Waals surface area contributed by atoms with Gasteiger partial charge in [0.05, 0.1) is 6.04 Å². The number of benzene rings is 2. The lowest BCUT2D eigenvalue weighted by Crippen LogP contribution is -2.37. The summed E-state index contributed by atoms with van der Waals surface area (Å²) >= 11 is 0. The third-order valence-electron chi connectivity index (χ3n) is 3.09. The minimum atomic E-state index is -0.111. The van der Waals surface area contributed by atoms with Gasteiger partial charge in [-0.3, -0.25) is 10.2 Å². The highest BCUT2D eigenvalue weighted by Gasteiger charge is 2.07. The summed E-state index contributed by atoms with van der Waals surface area (Å²) in [4.78, 5) is 11.1. The van der Waals surface area contributed by atoms with Gasteiger partial charge in [-0.05, 0) is 18.1 Å². The van der Waals surface area contributed by atoms with Crippen LogP contribution in [0.5, 0.6) is 0 Å². The maximum atomic E-state index is 11.1. The zero-order valence-corrected chi connectivity index (χ0v) is 12.3. The van der Waals surface area contributed by atoms with Crippen LogP contribution in [0.25, 0.3) is 6.08 Å². The van der Waals surface area contributed by atoms with Gasteiger partial charge in [0, 0.05) is 6.92 Å². The van der Waals surface area contributed by atoms with E-state index < -0.39 is 0 Å². The molecule has 0 heterocycles. The SMILES string of the molecule is CC(=O)NN[C@H](/C=C/c1cccc(C)c1)c1ccccc1. The summed E-state index contributed by atoms with van der Waals surface area (Å²) < 4.78 is 0. The van der Waals surface area contributed by atoms with Crippen LogP contribution in [0.2, 0.25) is 0 Å². The molecule has 2 aromatic carbocycles. The molecule has 0 aromatic heterocycles. The van der Waals surface area contributed by atoms with Gasteiger partial charge in [-0.25, -0.2) is 5.43 Å². The fourth-order valence-corrected chi connectivity index (χ4v) is 2.06. The number of aryl methyl sites for hydroxylation is 1. The zero-order chi connectivity index (χ0) is 15.1. The van der Waals surface area contributed by atoms with E-state index in [1.54, 1.807) is 0 Å². The molecular weight excluding hydrogens is 260 g/mol. The molecule has 0 saturated carbocycles. The molecule has 3 heteroatoms. The molecular formula is C18H20N2O. The zero-order valence-electron chi connectivity index (χ0n) is 12.3. The molecule has 0 bridgehead atoms. The van der Waals surface area contributed by atoms with Crippen molar-refractivity contribution in [2.75, 3.05) is 0 Å². The fraction of sp³-hybridized carbons (Fsp3) is 0.167. The first-order chi connectivity index (χ1) is 10.1. The Bertz CT molecular complexity index is 620. The van der Waals surface area contributed by atoms with Gasteiger partial charge in [0.25, 0.3) is 0 Å². The van der Waals surface area contributed by atoms with Crippen molar-refractivity contribution in [3.63, 3.8) is 0 Å². The average molecular weight is 280 g/mol. The molecule has 3 nitrogen and oxygen atoms in total. The van der Waals surface area contributed by atoms with Crippen molar-refractivity contribution in [1.82, 2.24) is 10.9 Å². The first-order valence-electron chi connectivity index (χ1n) is 6.97. The van der Waals surface area contributed by atoms with E-state index in [9.17, 15) is 4.79 Å². The van der Waals surface area contributed by atoms with Crippen molar-refractivity contribution >= 4 is 12.0 Å². The lowest BCUT2D eigenvalue weighted by atomic mass is 10.1. The van der Waals surface area contributed by atoms with Crippen LogP contribution in [0.1, 0.15) is 29.7 Å². The molecule has 0 fully saturated rings. The van der Waals surface area contributed by atoms with Crippen LogP contribution >= 0.6 is 0 Å². The molecule has 2 N–H and O–H groups in total. The van der Waals surface area contributed by atoms with Gasteiger partial charge in [-0.15, -0.1) is 0 Å². The molecule has 1 amide bonds. The largest absolute Gasteiger partial charge is 0.291 e. The van der Waals surface area contributed by atoms with Gasteiger partial charge in [-0.2, -0.15) is 0 Å². The van der Waals surface area contributed by atoms with Crippen molar-refractivity contribution in [3.8, 4) is 0 Å². The maximum absolute atomic E-state index is 11.1. The molecule has 0 aliphatic heterocycles. The van der Waals surface area contributed by atoms with Crippen molar-refractivity contribution in [1.29, 1.82) is 0 Å². The van der Waals surface area contributed by atoms with E-state index in [-0.39, 0.29) is 11.9 Å². The topological polar surface area (TPSA) is 41.1 Å². The monoisotopic (exact) mass is 280 g/mol. The van der Waals surface area contributed by atoms with Gasteiger partial charge in [0.2, 0.25) is 5.91 Å². The van der Waals surface area contributed by atoms with Crippen molar-refractivity contribution in [2.45, 2.75) is 19.9 Å². The molecule has 1 atom stereocenters. The predicted molar refractivity (Wildman–Crippen MR) is 86.3 cm³/mol. The van der Waals surface area contributed by atoms with Crippen LogP contribution in [0.15, 0.2) is 60.7 Å². The second-order valence-electron chi connectivity index (χ2n) is 4.99.